The van der Waals surface area contributed by atoms with Crippen LogP contribution in [0.25, 0.3) is 11.1 Å². The number of aliphatic carboxylic acids is 1. The van der Waals surface area contributed by atoms with E-state index in [4.69, 9.17) is 16.3 Å². The molecular weight excluding hydrogens is 437 g/mol. The van der Waals surface area contributed by atoms with Crippen LogP contribution in [0.5, 0.6) is 5.75 Å². The summed E-state index contributed by atoms with van der Waals surface area (Å²) in [7, 11) is 0. The van der Waals surface area contributed by atoms with Gasteiger partial charge in [-0.25, -0.2) is 0 Å². The molecule has 0 unspecified atom stereocenters. The molecule has 0 saturated heterocycles. The smallest absolute Gasteiger partial charge is 0.422 e. The van der Waals surface area contributed by atoms with Gasteiger partial charge in [-0.1, -0.05) is 43.0 Å². The van der Waals surface area contributed by atoms with Gasteiger partial charge in [-0.2, -0.15) is 13.2 Å². The Labute approximate surface area is 182 Å². The van der Waals surface area contributed by atoms with Crippen LogP contribution < -0.4 is 4.74 Å². The monoisotopic (exact) mass is 458 g/mol. The van der Waals surface area contributed by atoms with E-state index < -0.39 is 24.7 Å². The fraction of sp³-hybridized carbons (Fsp3) is 0.409. The molecule has 30 heavy (non-hydrogen) atoms. The third-order valence-corrected chi connectivity index (χ3v) is 6.37. The summed E-state index contributed by atoms with van der Waals surface area (Å²) in [6, 6.07) is 10.2. The van der Waals surface area contributed by atoms with Crippen LogP contribution in [0.2, 0.25) is 5.02 Å². The minimum absolute atomic E-state index is 0.0273. The fourth-order valence-electron chi connectivity index (χ4n) is 3.54. The first-order chi connectivity index (χ1) is 14.2. The summed E-state index contributed by atoms with van der Waals surface area (Å²) < 4.78 is 43.3. The summed E-state index contributed by atoms with van der Waals surface area (Å²) in [5.41, 5.74) is 1.44. The zero-order chi connectivity index (χ0) is 21.9. The molecule has 1 aliphatic rings. The van der Waals surface area contributed by atoms with Crippen molar-refractivity contribution in [2.45, 2.75) is 42.7 Å². The molecule has 0 aromatic heterocycles. The lowest BCUT2D eigenvalue weighted by molar-refractivity contribution is -0.153. The predicted octanol–water partition coefficient (Wildman–Crippen LogP) is 7.03. The first kappa shape index (κ1) is 22.8. The first-order valence-corrected chi connectivity index (χ1v) is 11.2. The number of thioether (sulfide) groups is 1. The molecule has 0 heterocycles. The molecule has 3 rings (SSSR count). The van der Waals surface area contributed by atoms with Gasteiger partial charge in [-0.05, 0) is 54.0 Å². The summed E-state index contributed by atoms with van der Waals surface area (Å²) in [5, 5.41) is 9.74. The standard InChI is InChI=1S/C22H22ClF3O3S/c1-30-16-7-5-14(6-8-16)17-10-15(18(21(27)28)9-13-3-2-4-13)11-19(23)20(17)29-12-22(24,25)26/h5-8,10-11,13,18H,2-4,9,12H2,1H3,(H,27,28)/t18-/m1/s1. The molecule has 162 valence electrons. The Hall–Kier alpha value is -1.86. The summed E-state index contributed by atoms with van der Waals surface area (Å²) >= 11 is 7.85. The van der Waals surface area contributed by atoms with E-state index in [1.54, 1.807) is 18.2 Å². The Morgan fingerprint density at radius 1 is 1.27 bits per heavy atom. The Bertz CT molecular complexity index is 896. The second-order valence-electron chi connectivity index (χ2n) is 7.44. The topological polar surface area (TPSA) is 46.5 Å². The van der Waals surface area contributed by atoms with Crippen LogP contribution in [0.1, 0.15) is 37.2 Å². The molecule has 1 saturated carbocycles. The van der Waals surface area contributed by atoms with Gasteiger partial charge in [0.25, 0.3) is 0 Å². The number of halogens is 4. The van der Waals surface area contributed by atoms with Gasteiger partial charge in [-0.15, -0.1) is 11.8 Å². The Morgan fingerprint density at radius 2 is 1.93 bits per heavy atom. The van der Waals surface area contributed by atoms with E-state index in [1.165, 1.54) is 17.8 Å². The zero-order valence-corrected chi connectivity index (χ0v) is 17.9. The molecule has 0 bridgehead atoms. The van der Waals surface area contributed by atoms with Crippen LogP contribution in [-0.2, 0) is 4.79 Å². The lowest BCUT2D eigenvalue weighted by Gasteiger charge is -2.28. The molecule has 1 aliphatic carbocycles. The van der Waals surface area contributed by atoms with Crippen molar-refractivity contribution in [1.29, 1.82) is 0 Å². The fourth-order valence-corrected chi connectivity index (χ4v) is 4.23. The number of hydrogen-bond donors (Lipinski definition) is 1. The Morgan fingerprint density at radius 3 is 2.43 bits per heavy atom. The SMILES string of the molecule is CSc1ccc(-c2cc([C@@H](CC3CCC3)C(=O)O)cc(Cl)c2OCC(F)(F)F)cc1. The molecule has 1 N–H and O–H groups in total. The molecule has 1 fully saturated rings. The normalized spacial score (nSPS) is 15.5. The van der Waals surface area contributed by atoms with E-state index in [-0.39, 0.29) is 10.8 Å². The maximum absolute atomic E-state index is 12.8. The quantitative estimate of drug-likeness (QED) is 0.431. The summed E-state index contributed by atoms with van der Waals surface area (Å²) in [5.74, 6) is -1.49. The van der Waals surface area contributed by atoms with E-state index in [0.717, 1.165) is 24.2 Å². The van der Waals surface area contributed by atoms with E-state index in [9.17, 15) is 23.1 Å². The molecule has 0 amide bonds. The summed E-state index contributed by atoms with van der Waals surface area (Å²) in [4.78, 5) is 12.9. The van der Waals surface area contributed by atoms with Crippen molar-refractivity contribution in [1.82, 2.24) is 0 Å². The Kier molecular flexibility index (Phi) is 7.24. The average Bonchev–Trinajstić information content (AvgIpc) is 2.64. The van der Waals surface area contributed by atoms with Crippen LogP contribution in [-0.4, -0.2) is 30.1 Å². The number of hydrogen-bond acceptors (Lipinski definition) is 3. The molecule has 1 atom stereocenters. The predicted molar refractivity (Wildman–Crippen MR) is 113 cm³/mol. The average molecular weight is 459 g/mol. The van der Waals surface area contributed by atoms with Crippen LogP contribution in [0.15, 0.2) is 41.3 Å². The third kappa shape index (κ3) is 5.64. The van der Waals surface area contributed by atoms with Crippen molar-refractivity contribution >= 4 is 29.3 Å². The minimum Gasteiger partial charge on any atom is -0.482 e. The number of benzene rings is 2. The highest BCUT2D eigenvalue weighted by atomic mass is 35.5. The van der Waals surface area contributed by atoms with Crippen molar-refractivity contribution in [3.63, 3.8) is 0 Å². The highest BCUT2D eigenvalue weighted by molar-refractivity contribution is 7.98. The molecule has 0 aliphatic heterocycles. The molecule has 8 heteroatoms. The lowest BCUT2D eigenvalue weighted by Crippen LogP contribution is -2.21. The second-order valence-corrected chi connectivity index (χ2v) is 8.72. The van der Waals surface area contributed by atoms with Crippen molar-refractivity contribution in [3.8, 4) is 16.9 Å². The van der Waals surface area contributed by atoms with Gasteiger partial charge in [0.15, 0.2) is 6.61 Å². The third-order valence-electron chi connectivity index (χ3n) is 5.34. The van der Waals surface area contributed by atoms with Crippen molar-refractivity contribution in [2.75, 3.05) is 12.9 Å². The number of carbonyl (C=O) groups is 1. The van der Waals surface area contributed by atoms with Crippen LogP contribution in [0.3, 0.4) is 0 Å². The van der Waals surface area contributed by atoms with Gasteiger partial charge in [0, 0.05) is 10.5 Å². The second kappa shape index (κ2) is 9.52. The maximum Gasteiger partial charge on any atom is 0.422 e. The number of carboxylic acids is 1. The number of alkyl halides is 3. The molecule has 3 nitrogen and oxygen atoms in total. The van der Waals surface area contributed by atoms with Crippen LogP contribution in [0.4, 0.5) is 13.2 Å². The highest BCUT2D eigenvalue weighted by Gasteiger charge is 2.31. The molecule has 0 spiro atoms. The Balaban J connectivity index is 2.04. The van der Waals surface area contributed by atoms with Crippen LogP contribution in [0, 0.1) is 5.92 Å². The van der Waals surface area contributed by atoms with E-state index in [2.05, 4.69) is 0 Å². The van der Waals surface area contributed by atoms with Gasteiger partial charge < -0.3 is 9.84 Å². The van der Waals surface area contributed by atoms with Gasteiger partial charge in [0.05, 0.1) is 10.9 Å². The van der Waals surface area contributed by atoms with Crippen molar-refractivity contribution in [3.05, 3.63) is 47.0 Å². The summed E-state index contributed by atoms with van der Waals surface area (Å²) in [6.45, 7) is -1.48. The van der Waals surface area contributed by atoms with Crippen molar-refractivity contribution < 1.29 is 27.8 Å². The number of carboxylic acid groups (broad SMARTS) is 1. The van der Waals surface area contributed by atoms with Gasteiger partial charge in [0.2, 0.25) is 0 Å². The molecular formula is C22H22ClF3O3S. The van der Waals surface area contributed by atoms with Gasteiger partial charge in [0.1, 0.15) is 5.75 Å². The number of ether oxygens (including phenoxy) is 1. The highest BCUT2D eigenvalue weighted by Crippen LogP contribution is 2.43. The largest absolute Gasteiger partial charge is 0.482 e. The number of rotatable bonds is 8. The van der Waals surface area contributed by atoms with Crippen LogP contribution >= 0.6 is 23.4 Å². The molecule has 2 aromatic carbocycles. The van der Waals surface area contributed by atoms with Gasteiger partial charge >= 0.3 is 12.1 Å². The van der Waals surface area contributed by atoms with Gasteiger partial charge in [-0.3, -0.25) is 4.79 Å². The molecule has 0 radical (unpaired) electrons. The maximum atomic E-state index is 12.8. The van der Waals surface area contributed by atoms with E-state index in [0.29, 0.717) is 29.0 Å². The van der Waals surface area contributed by atoms with E-state index in [1.807, 2.05) is 18.4 Å². The van der Waals surface area contributed by atoms with E-state index >= 15 is 0 Å². The zero-order valence-electron chi connectivity index (χ0n) is 16.3. The summed E-state index contributed by atoms with van der Waals surface area (Å²) in [6.07, 6.45) is 0.965. The lowest BCUT2D eigenvalue weighted by atomic mass is 9.77. The molecule has 2 aromatic rings. The minimum atomic E-state index is -4.52. The van der Waals surface area contributed by atoms with Crippen molar-refractivity contribution in [2.24, 2.45) is 5.92 Å². The first-order valence-electron chi connectivity index (χ1n) is 9.58.